The quantitative estimate of drug-likeness (QED) is 0.668. The summed E-state index contributed by atoms with van der Waals surface area (Å²) < 4.78 is 16.1. The van der Waals surface area contributed by atoms with Crippen LogP contribution in [0.4, 0.5) is 0 Å². The second-order valence-electron chi connectivity index (χ2n) is 5.10. The molecule has 5 heteroatoms. The summed E-state index contributed by atoms with van der Waals surface area (Å²) in [6, 6.07) is 9.76. The standard InChI is InChI=1S/C19H18N2O3/c1-22-17-11-14(12-18(23-2)19(17)24-3)5-4-13-6-7-15-16(10-13)21-9-8-20-15/h4-12H,1-3H3/b5-4-. The van der Waals surface area contributed by atoms with Crippen molar-refractivity contribution in [2.45, 2.75) is 0 Å². The summed E-state index contributed by atoms with van der Waals surface area (Å²) in [6.07, 6.45) is 7.37. The van der Waals surface area contributed by atoms with Gasteiger partial charge in [-0.1, -0.05) is 18.2 Å². The fourth-order valence-electron chi connectivity index (χ4n) is 2.47. The molecule has 5 nitrogen and oxygen atoms in total. The molecule has 0 atom stereocenters. The number of fused-ring (bicyclic) bond motifs is 1. The lowest BCUT2D eigenvalue weighted by Gasteiger charge is -2.12. The first-order chi connectivity index (χ1) is 11.7. The maximum absolute atomic E-state index is 5.37. The molecule has 0 radical (unpaired) electrons. The van der Waals surface area contributed by atoms with Crippen molar-refractivity contribution >= 4 is 23.2 Å². The molecule has 1 aromatic heterocycles. The van der Waals surface area contributed by atoms with Gasteiger partial charge in [-0.3, -0.25) is 9.97 Å². The topological polar surface area (TPSA) is 53.5 Å². The van der Waals surface area contributed by atoms with Crippen LogP contribution in [-0.4, -0.2) is 31.3 Å². The Bertz CT molecular complexity index is 866. The van der Waals surface area contributed by atoms with Gasteiger partial charge in [0.05, 0.1) is 32.4 Å². The summed E-state index contributed by atoms with van der Waals surface area (Å²) >= 11 is 0. The van der Waals surface area contributed by atoms with Crippen molar-refractivity contribution < 1.29 is 14.2 Å². The average Bonchev–Trinajstić information content (AvgIpc) is 2.65. The van der Waals surface area contributed by atoms with Gasteiger partial charge in [-0.25, -0.2) is 0 Å². The predicted octanol–water partition coefficient (Wildman–Crippen LogP) is 3.83. The average molecular weight is 322 g/mol. The van der Waals surface area contributed by atoms with Gasteiger partial charge in [-0.15, -0.1) is 0 Å². The summed E-state index contributed by atoms with van der Waals surface area (Å²) in [5.41, 5.74) is 3.73. The Morgan fingerprint density at radius 2 is 1.33 bits per heavy atom. The second-order valence-corrected chi connectivity index (χ2v) is 5.10. The Morgan fingerprint density at radius 3 is 1.96 bits per heavy atom. The molecule has 0 saturated heterocycles. The van der Waals surface area contributed by atoms with E-state index < -0.39 is 0 Å². The van der Waals surface area contributed by atoms with E-state index in [1.807, 2.05) is 42.5 Å². The van der Waals surface area contributed by atoms with Crippen molar-refractivity contribution in [3.8, 4) is 17.2 Å². The molecule has 0 aliphatic heterocycles. The van der Waals surface area contributed by atoms with Crippen LogP contribution in [0.2, 0.25) is 0 Å². The summed E-state index contributed by atoms with van der Waals surface area (Å²) in [7, 11) is 4.80. The molecular weight excluding hydrogens is 304 g/mol. The number of methoxy groups -OCH3 is 3. The summed E-state index contributed by atoms with van der Waals surface area (Å²) in [5, 5.41) is 0. The zero-order valence-corrected chi connectivity index (χ0v) is 13.8. The molecule has 0 N–H and O–H groups in total. The molecule has 0 aliphatic carbocycles. The minimum Gasteiger partial charge on any atom is -0.493 e. The minimum atomic E-state index is 0.582. The molecule has 122 valence electrons. The summed E-state index contributed by atoms with van der Waals surface area (Å²) in [4.78, 5) is 8.59. The smallest absolute Gasteiger partial charge is 0.203 e. The Balaban J connectivity index is 1.95. The van der Waals surface area contributed by atoms with Crippen molar-refractivity contribution in [3.05, 3.63) is 53.9 Å². The first kappa shape index (κ1) is 15.8. The number of hydrogen-bond acceptors (Lipinski definition) is 5. The highest BCUT2D eigenvalue weighted by Crippen LogP contribution is 2.38. The van der Waals surface area contributed by atoms with E-state index in [2.05, 4.69) is 9.97 Å². The monoisotopic (exact) mass is 322 g/mol. The molecule has 0 spiro atoms. The normalized spacial score (nSPS) is 11.0. The van der Waals surface area contributed by atoms with Crippen molar-refractivity contribution in [3.63, 3.8) is 0 Å². The Hall–Kier alpha value is -3.08. The van der Waals surface area contributed by atoms with Gasteiger partial charge in [-0.05, 0) is 35.4 Å². The highest BCUT2D eigenvalue weighted by molar-refractivity contribution is 5.80. The fraction of sp³-hybridized carbons (Fsp3) is 0.158. The molecule has 0 bridgehead atoms. The molecule has 3 aromatic rings. The minimum absolute atomic E-state index is 0.582. The Morgan fingerprint density at radius 1 is 0.708 bits per heavy atom. The molecule has 2 aromatic carbocycles. The maximum atomic E-state index is 5.37. The van der Waals surface area contributed by atoms with Gasteiger partial charge < -0.3 is 14.2 Å². The van der Waals surface area contributed by atoms with E-state index in [0.29, 0.717) is 17.2 Å². The van der Waals surface area contributed by atoms with E-state index in [4.69, 9.17) is 14.2 Å². The van der Waals surface area contributed by atoms with E-state index in [-0.39, 0.29) is 0 Å². The van der Waals surface area contributed by atoms with Gasteiger partial charge in [0.25, 0.3) is 0 Å². The molecule has 24 heavy (non-hydrogen) atoms. The number of hydrogen-bond donors (Lipinski definition) is 0. The third-order valence-electron chi connectivity index (χ3n) is 3.65. The van der Waals surface area contributed by atoms with E-state index in [1.165, 1.54) is 0 Å². The zero-order chi connectivity index (χ0) is 16.9. The molecule has 0 saturated carbocycles. The third kappa shape index (κ3) is 3.15. The lowest BCUT2D eigenvalue weighted by molar-refractivity contribution is 0.324. The number of rotatable bonds is 5. The highest BCUT2D eigenvalue weighted by Gasteiger charge is 2.11. The van der Waals surface area contributed by atoms with Gasteiger partial charge in [-0.2, -0.15) is 0 Å². The largest absolute Gasteiger partial charge is 0.493 e. The zero-order valence-electron chi connectivity index (χ0n) is 13.8. The molecule has 0 aliphatic rings. The first-order valence-corrected chi connectivity index (χ1v) is 7.44. The van der Waals surface area contributed by atoms with Crippen LogP contribution in [0.15, 0.2) is 42.7 Å². The van der Waals surface area contributed by atoms with Crippen LogP contribution in [0.25, 0.3) is 23.2 Å². The molecular formula is C19H18N2O3. The fourth-order valence-corrected chi connectivity index (χ4v) is 2.47. The van der Waals surface area contributed by atoms with Crippen LogP contribution in [0.1, 0.15) is 11.1 Å². The van der Waals surface area contributed by atoms with E-state index in [9.17, 15) is 0 Å². The van der Waals surface area contributed by atoms with Crippen LogP contribution < -0.4 is 14.2 Å². The summed E-state index contributed by atoms with van der Waals surface area (Å²) in [6.45, 7) is 0. The molecule has 0 amide bonds. The lowest BCUT2D eigenvalue weighted by atomic mass is 10.1. The summed E-state index contributed by atoms with van der Waals surface area (Å²) in [5.74, 6) is 1.83. The van der Waals surface area contributed by atoms with Gasteiger partial charge in [0.1, 0.15) is 0 Å². The van der Waals surface area contributed by atoms with E-state index in [0.717, 1.165) is 22.2 Å². The molecule has 1 heterocycles. The van der Waals surface area contributed by atoms with Gasteiger partial charge in [0.15, 0.2) is 11.5 Å². The Kier molecular flexibility index (Phi) is 4.61. The molecule has 0 unspecified atom stereocenters. The van der Waals surface area contributed by atoms with Crippen molar-refractivity contribution in [1.29, 1.82) is 0 Å². The predicted molar refractivity (Wildman–Crippen MR) is 94.6 cm³/mol. The number of aromatic nitrogens is 2. The second kappa shape index (κ2) is 7.00. The Labute approximate surface area is 140 Å². The number of nitrogens with zero attached hydrogens (tertiary/aromatic N) is 2. The molecule has 3 rings (SSSR count). The van der Waals surface area contributed by atoms with Gasteiger partial charge >= 0.3 is 0 Å². The maximum Gasteiger partial charge on any atom is 0.203 e. The first-order valence-electron chi connectivity index (χ1n) is 7.44. The van der Waals surface area contributed by atoms with E-state index >= 15 is 0 Å². The van der Waals surface area contributed by atoms with Gasteiger partial charge in [0.2, 0.25) is 5.75 Å². The van der Waals surface area contributed by atoms with Crippen molar-refractivity contribution in [2.75, 3.05) is 21.3 Å². The number of benzene rings is 2. The van der Waals surface area contributed by atoms with Crippen LogP contribution >= 0.6 is 0 Å². The van der Waals surface area contributed by atoms with Crippen LogP contribution in [-0.2, 0) is 0 Å². The third-order valence-corrected chi connectivity index (χ3v) is 3.65. The van der Waals surface area contributed by atoms with Crippen LogP contribution in [0.3, 0.4) is 0 Å². The van der Waals surface area contributed by atoms with Crippen molar-refractivity contribution in [1.82, 2.24) is 9.97 Å². The van der Waals surface area contributed by atoms with Crippen LogP contribution in [0, 0.1) is 0 Å². The lowest BCUT2D eigenvalue weighted by Crippen LogP contribution is -1.95. The van der Waals surface area contributed by atoms with Crippen LogP contribution in [0.5, 0.6) is 17.2 Å². The number of ether oxygens (including phenoxy) is 3. The SMILES string of the molecule is COc1cc(/C=C\c2ccc3nccnc3c2)cc(OC)c1OC. The molecule has 0 fully saturated rings. The highest BCUT2D eigenvalue weighted by atomic mass is 16.5. The van der Waals surface area contributed by atoms with Gasteiger partial charge in [0, 0.05) is 12.4 Å². The van der Waals surface area contributed by atoms with Crippen molar-refractivity contribution in [2.24, 2.45) is 0 Å². The van der Waals surface area contributed by atoms with E-state index in [1.54, 1.807) is 33.7 Å².